The molecule has 0 spiro atoms. The van der Waals surface area contributed by atoms with Gasteiger partial charge < -0.3 is 14.9 Å². The third-order valence-electron chi connectivity index (χ3n) is 2.18. The summed E-state index contributed by atoms with van der Waals surface area (Å²) in [5.41, 5.74) is -1.57. The van der Waals surface area contributed by atoms with Gasteiger partial charge in [-0.3, -0.25) is 0 Å². The lowest BCUT2D eigenvalue weighted by molar-refractivity contribution is -0.177. The molecule has 0 aromatic rings. The summed E-state index contributed by atoms with van der Waals surface area (Å²) >= 11 is 0. The normalized spacial score (nSPS) is 38.5. The van der Waals surface area contributed by atoms with E-state index < -0.39 is 11.6 Å². The molecule has 0 amide bonds. The Balaban J connectivity index is 2.72. The topological polar surface area (TPSA) is 66.8 Å². The second kappa shape index (κ2) is 2.79. The largest absolute Gasteiger partial charge is 0.479 e. The van der Waals surface area contributed by atoms with Crippen LogP contribution < -0.4 is 0 Å². The summed E-state index contributed by atoms with van der Waals surface area (Å²) in [4.78, 5) is 10.6. The molecule has 0 aromatic carbocycles. The quantitative estimate of drug-likeness (QED) is 0.560. The van der Waals surface area contributed by atoms with Gasteiger partial charge in [0.05, 0.1) is 6.61 Å². The highest BCUT2D eigenvalue weighted by atomic mass is 16.5. The number of carboxylic acid groups (broad SMARTS) is 1. The van der Waals surface area contributed by atoms with Gasteiger partial charge in [0.15, 0.2) is 5.60 Å². The molecule has 0 aromatic heterocycles. The van der Waals surface area contributed by atoms with Crippen molar-refractivity contribution in [1.82, 2.24) is 0 Å². The predicted octanol–water partition coefficient (Wildman–Crippen LogP) is -0.142. The van der Waals surface area contributed by atoms with Crippen LogP contribution in [0.15, 0.2) is 0 Å². The summed E-state index contributed by atoms with van der Waals surface area (Å²) in [7, 11) is 0. The van der Waals surface area contributed by atoms with Crippen molar-refractivity contribution >= 4 is 5.97 Å². The Bertz CT molecular complexity index is 168. The minimum absolute atomic E-state index is 0.184. The fraction of sp³-hybridized carbons (Fsp3) is 0.857. The van der Waals surface area contributed by atoms with Gasteiger partial charge in [0, 0.05) is 18.9 Å². The molecule has 64 valence electrons. The van der Waals surface area contributed by atoms with Gasteiger partial charge in [0.1, 0.15) is 0 Å². The molecule has 4 heteroatoms. The molecule has 1 heterocycles. The van der Waals surface area contributed by atoms with E-state index in [0.717, 1.165) is 0 Å². The van der Waals surface area contributed by atoms with Crippen molar-refractivity contribution in [3.05, 3.63) is 0 Å². The van der Waals surface area contributed by atoms with Crippen LogP contribution in [0.4, 0.5) is 0 Å². The zero-order valence-corrected chi connectivity index (χ0v) is 6.41. The molecule has 2 N–H and O–H groups in total. The monoisotopic (exact) mass is 160 g/mol. The zero-order chi connectivity index (χ0) is 8.48. The van der Waals surface area contributed by atoms with Crippen molar-refractivity contribution in [1.29, 1.82) is 0 Å². The Morgan fingerprint density at radius 3 is 2.73 bits per heavy atom. The minimum atomic E-state index is -1.57. The minimum Gasteiger partial charge on any atom is -0.479 e. The fourth-order valence-electron chi connectivity index (χ4n) is 1.19. The first-order chi connectivity index (χ1) is 5.07. The maximum Gasteiger partial charge on any atom is 0.336 e. The molecule has 0 saturated carbocycles. The summed E-state index contributed by atoms with van der Waals surface area (Å²) in [5.74, 6) is -1.47. The van der Waals surface area contributed by atoms with Gasteiger partial charge in [0.25, 0.3) is 0 Å². The highest BCUT2D eigenvalue weighted by Crippen LogP contribution is 2.26. The number of ether oxygens (including phenoxy) is 1. The van der Waals surface area contributed by atoms with E-state index in [2.05, 4.69) is 0 Å². The summed E-state index contributed by atoms with van der Waals surface area (Å²) < 4.78 is 5.00. The van der Waals surface area contributed by atoms with E-state index in [9.17, 15) is 9.90 Å². The molecule has 1 saturated heterocycles. The van der Waals surface area contributed by atoms with Gasteiger partial charge in [0.2, 0.25) is 0 Å². The van der Waals surface area contributed by atoms with Crippen molar-refractivity contribution in [2.75, 3.05) is 13.2 Å². The fourth-order valence-corrected chi connectivity index (χ4v) is 1.19. The van der Waals surface area contributed by atoms with Gasteiger partial charge in [-0.05, 0) is 0 Å². The van der Waals surface area contributed by atoms with E-state index >= 15 is 0 Å². The lowest BCUT2D eigenvalue weighted by Gasteiger charge is -2.33. The average molecular weight is 160 g/mol. The first kappa shape index (κ1) is 8.49. The lowest BCUT2D eigenvalue weighted by atomic mass is 9.85. The smallest absolute Gasteiger partial charge is 0.336 e. The van der Waals surface area contributed by atoms with Crippen molar-refractivity contribution in [3.8, 4) is 0 Å². The number of aliphatic carboxylic acids is 1. The number of hydrogen-bond donors (Lipinski definition) is 2. The molecular formula is C7H12O4. The van der Waals surface area contributed by atoms with Crippen LogP contribution >= 0.6 is 0 Å². The summed E-state index contributed by atoms with van der Waals surface area (Å²) in [6.07, 6.45) is 0.184. The van der Waals surface area contributed by atoms with Crippen LogP contribution in [0.3, 0.4) is 0 Å². The Labute approximate surface area is 64.8 Å². The number of hydrogen-bond acceptors (Lipinski definition) is 3. The second-order valence-corrected chi connectivity index (χ2v) is 2.96. The van der Waals surface area contributed by atoms with Crippen molar-refractivity contribution in [3.63, 3.8) is 0 Å². The molecule has 1 rings (SSSR count). The number of rotatable bonds is 1. The zero-order valence-electron chi connectivity index (χ0n) is 6.41. The molecule has 4 nitrogen and oxygen atoms in total. The molecule has 11 heavy (non-hydrogen) atoms. The van der Waals surface area contributed by atoms with Gasteiger partial charge in [-0.2, -0.15) is 0 Å². The van der Waals surface area contributed by atoms with Crippen molar-refractivity contribution in [2.24, 2.45) is 5.92 Å². The summed E-state index contributed by atoms with van der Waals surface area (Å²) in [6.45, 7) is 2.32. The molecule has 0 radical (unpaired) electrons. The molecule has 1 aliphatic rings. The molecule has 1 fully saturated rings. The van der Waals surface area contributed by atoms with Crippen LogP contribution in [0.1, 0.15) is 13.3 Å². The molecule has 0 bridgehead atoms. The number of carbonyl (C=O) groups is 1. The van der Waals surface area contributed by atoms with E-state index in [1.54, 1.807) is 6.92 Å². The number of carboxylic acids is 1. The van der Waals surface area contributed by atoms with Crippen LogP contribution in [-0.4, -0.2) is 35.0 Å². The van der Waals surface area contributed by atoms with Crippen LogP contribution in [0.2, 0.25) is 0 Å². The van der Waals surface area contributed by atoms with Gasteiger partial charge in [-0.1, -0.05) is 6.92 Å². The van der Waals surface area contributed by atoms with Crippen LogP contribution in [-0.2, 0) is 9.53 Å². The summed E-state index contributed by atoms with van der Waals surface area (Å²) in [6, 6.07) is 0. The van der Waals surface area contributed by atoms with Gasteiger partial charge >= 0.3 is 5.97 Å². The third-order valence-corrected chi connectivity index (χ3v) is 2.18. The van der Waals surface area contributed by atoms with Crippen molar-refractivity contribution in [2.45, 2.75) is 18.9 Å². The standard InChI is InChI=1S/C7H12O4/c1-5-4-11-3-2-7(5,10)6(8)9/h5,10H,2-4H2,1H3,(H,8,9). The van der Waals surface area contributed by atoms with Crippen LogP contribution in [0, 0.1) is 5.92 Å². The Morgan fingerprint density at radius 2 is 2.36 bits per heavy atom. The van der Waals surface area contributed by atoms with E-state index in [-0.39, 0.29) is 12.3 Å². The van der Waals surface area contributed by atoms with Gasteiger partial charge in [-0.15, -0.1) is 0 Å². The van der Waals surface area contributed by atoms with Crippen molar-refractivity contribution < 1.29 is 19.7 Å². The predicted molar refractivity (Wildman–Crippen MR) is 37.2 cm³/mol. The molecule has 2 unspecified atom stereocenters. The lowest BCUT2D eigenvalue weighted by Crippen LogP contribution is -2.50. The Kier molecular flexibility index (Phi) is 2.15. The SMILES string of the molecule is CC1COCCC1(O)C(=O)O. The molecule has 0 aliphatic carbocycles. The number of aliphatic hydroxyl groups is 1. The molecular weight excluding hydrogens is 148 g/mol. The van der Waals surface area contributed by atoms with Gasteiger partial charge in [-0.25, -0.2) is 4.79 Å². The highest BCUT2D eigenvalue weighted by Gasteiger charge is 2.43. The van der Waals surface area contributed by atoms with Crippen LogP contribution in [0.25, 0.3) is 0 Å². The molecule has 2 atom stereocenters. The first-order valence-electron chi connectivity index (χ1n) is 3.61. The third kappa shape index (κ3) is 1.36. The average Bonchev–Trinajstić information content (AvgIpc) is 1.95. The maximum atomic E-state index is 10.6. The molecule has 1 aliphatic heterocycles. The van der Waals surface area contributed by atoms with E-state index in [0.29, 0.717) is 13.2 Å². The summed E-state index contributed by atoms with van der Waals surface area (Å²) in [5, 5.41) is 18.2. The second-order valence-electron chi connectivity index (χ2n) is 2.96. The van der Waals surface area contributed by atoms with Crippen LogP contribution in [0.5, 0.6) is 0 Å². The maximum absolute atomic E-state index is 10.6. The van der Waals surface area contributed by atoms with E-state index in [1.807, 2.05) is 0 Å². The highest BCUT2D eigenvalue weighted by molar-refractivity contribution is 5.77. The first-order valence-corrected chi connectivity index (χ1v) is 3.61. The van der Waals surface area contributed by atoms with E-state index in [4.69, 9.17) is 9.84 Å². The Hall–Kier alpha value is -0.610. The Morgan fingerprint density at radius 1 is 1.73 bits per heavy atom. The van der Waals surface area contributed by atoms with E-state index in [1.165, 1.54) is 0 Å².